The van der Waals surface area contributed by atoms with Gasteiger partial charge in [0, 0.05) is 7.05 Å². The third-order valence-corrected chi connectivity index (χ3v) is 5.03. The summed E-state index contributed by atoms with van der Waals surface area (Å²) in [4.78, 5) is -0.686. The molecule has 1 aromatic carbocycles. The lowest BCUT2D eigenvalue weighted by atomic mass is 10.3. The van der Waals surface area contributed by atoms with Crippen molar-refractivity contribution in [3.05, 3.63) is 46.3 Å². The van der Waals surface area contributed by atoms with Crippen molar-refractivity contribution < 1.29 is 21.6 Å². The molecule has 0 fully saturated rings. The number of sulfonamides is 1. The van der Waals surface area contributed by atoms with Crippen LogP contribution >= 0.6 is 15.9 Å². The summed E-state index contributed by atoms with van der Waals surface area (Å²) in [7, 11) is -2.91. The van der Waals surface area contributed by atoms with Crippen LogP contribution in [0.25, 0.3) is 0 Å². The summed E-state index contributed by atoms with van der Waals surface area (Å²) in [5, 5.41) is 0. The molecule has 0 amide bonds. The fraction of sp³-hybridized carbons (Fsp3) is 0.167. The van der Waals surface area contributed by atoms with Crippen molar-refractivity contribution in [2.24, 2.45) is 0 Å². The van der Waals surface area contributed by atoms with Gasteiger partial charge in [0.2, 0.25) is 10.0 Å². The molecule has 2 rings (SSSR count). The van der Waals surface area contributed by atoms with E-state index in [2.05, 4.69) is 15.9 Å². The lowest BCUT2D eigenvalue weighted by molar-refractivity contribution is 0.396. The van der Waals surface area contributed by atoms with E-state index < -0.39 is 32.2 Å². The van der Waals surface area contributed by atoms with Crippen LogP contribution in [0, 0.1) is 11.6 Å². The predicted molar refractivity (Wildman–Crippen MR) is 75.8 cm³/mol. The van der Waals surface area contributed by atoms with Crippen LogP contribution in [0.3, 0.4) is 0 Å². The third kappa shape index (κ3) is 3.09. The molecule has 0 spiro atoms. The number of nitrogens with two attached hydrogens (primary N) is 1. The number of rotatable bonds is 4. The summed E-state index contributed by atoms with van der Waals surface area (Å²) < 4.78 is 58.0. The van der Waals surface area contributed by atoms with Gasteiger partial charge in [0.1, 0.15) is 22.2 Å². The molecule has 0 saturated carbocycles. The van der Waals surface area contributed by atoms with E-state index >= 15 is 0 Å². The van der Waals surface area contributed by atoms with E-state index in [1.54, 1.807) is 12.1 Å². The minimum Gasteiger partial charge on any atom is -0.453 e. The average Bonchev–Trinajstić information content (AvgIpc) is 2.81. The van der Waals surface area contributed by atoms with E-state index in [-0.39, 0.29) is 6.54 Å². The maximum absolute atomic E-state index is 13.9. The lowest BCUT2D eigenvalue weighted by Crippen LogP contribution is -2.27. The highest BCUT2D eigenvalue weighted by molar-refractivity contribution is 9.10. The van der Waals surface area contributed by atoms with Gasteiger partial charge < -0.3 is 10.2 Å². The van der Waals surface area contributed by atoms with Crippen molar-refractivity contribution in [3.8, 4) is 0 Å². The number of hydrogen-bond donors (Lipinski definition) is 1. The van der Waals surface area contributed by atoms with Gasteiger partial charge in [-0.25, -0.2) is 17.2 Å². The minimum atomic E-state index is -4.16. The molecule has 0 aliphatic carbocycles. The van der Waals surface area contributed by atoms with Gasteiger partial charge in [0.05, 0.1) is 6.54 Å². The Morgan fingerprint density at radius 2 is 1.95 bits per heavy atom. The Morgan fingerprint density at radius 3 is 2.52 bits per heavy atom. The maximum Gasteiger partial charge on any atom is 0.246 e. The molecule has 0 aliphatic rings. The first-order chi connectivity index (χ1) is 9.73. The zero-order valence-electron chi connectivity index (χ0n) is 10.8. The molecule has 2 aromatic rings. The van der Waals surface area contributed by atoms with Crippen LogP contribution in [0.5, 0.6) is 0 Å². The normalized spacial score (nSPS) is 12.0. The van der Waals surface area contributed by atoms with Gasteiger partial charge in [-0.05, 0) is 40.2 Å². The van der Waals surface area contributed by atoms with Gasteiger partial charge in [-0.1, -0.05) is 0 Å². The van der Waals surface area contributed by atoms with Crippen molar-refractivity contribution in [1.82, 2.24) is 4.31 Å². The number of halogens is 3. The summed E-state index contributed by atoms with van der Waals surface area (Å²) in [5.41, 5.74) is 4.35. The van der Waals surface area contributed by atoms with E-state index in [1.807, 2.05) is 0 Å². The van der Waals surface area contributed by atoms with E-state index in [0.29, 0.717) is 10.4 Å². The second-order valence-electron chi connectivity index (χ2n) is 4.24. The molecule has 9 heteroatoms. The van der Waals surface area contributed by atoms with E-state index in [9.17, 15) is 17.2 Å². The van der Waals surface area contributed by atoms with Gasteiger partial charge in [-0.15, -0.1) is 0 Å². The summed E-state index contributed by atoms with van der Waals surface area (Å²) in [6, 6.07) is 4.82. The van der Waals surface area contributed by atoms with Gasteiger partial charge in [-0.2, -0.15) is 4.31 Å². The molecular formula is C12H11BrF2N2O3S. The quantitative estimate of drug-likeness (QED) is 0.827. The number of nitrogens with zero attached hydrogens (tertiary/aromatic N) is 1. The third-order valence-electron chi connectivity index (χ3n) is 2.79. The van der Waals surface area contributed by atoms with E-state index in [1.165, 1.54) is 7.05 Å². The SMILES string of the molecule is CN(Cc1ccc(Br)o1)S(=O)(=O)c1ccc(F)c(N)c1F. The molecule has 0 radical (unpaired) electrons. The molecule has 0 atom stereocenters. The zero-order chi connectivity index (χ0) is 15.8. The number of furan rings is 1. The Hall–Kier alpha value is -1.45. The molecule has 21 heavy (non-hydrogen) atoms. The Bertz CT molecular complexity index is 777. The Labute approximate surface area is 128 Å². The molecule has 114 valence electrons. The summed E-state index contributed by atoms with van der Waals surface area (Å²) in [5.74, 6) is -1.95. The molecule has 2 N–H and O–H groups in total. The number of nitrogen functional groups attached to an aromatic ring is 1. The molecule has 1 aromatic heterocycles. The average molecular weight is 381 g/mol. The van der Waals surface area contributed by atoms with E-state index in [0.717, 1.165) is 16.4 Å². The maximum atomic E-state index is 13.9. The molecule has 0 aliphatic heterocycles. The molecule has 0 bridgehead atoms. The van der Waals surface area contributed by atoms with Crippen LogP contribution in [0.4, 0.5) is 14.5 Å². The summed E-state index contributed by atoms with van der Waals surface area (Å²) in [6.45, 7) is -0.106. The molecule has 1 heterocycles. The van der Waals surface area contributed by atoms with Crippen LogP contribution in [-0.2, 0) is 16.6 Å². The van der Waals surface area contributed by atoms with Gasteiger partial charge in [0.25, 0.3) is 0 Å². The van der Waals surface area contributed by atoms with Crippen molar-refractivity contribution in [2.45, 2.75) is 11.4 Å². The number of anilines is 1. The molecular weight excluding hydrogens is 370 g/mol. The Balaban J connectivity index is 2.35. The monoisotopic (exact) mass is 380 g/mol. The predicted octanol–water partition coefficient (Wildman–Crippen LogP) is 2.72. The smallest absolute Gasteiger partial charge is 0.246 e. The largest absolute Gasteiger partial charge is 0.453 e. The van der Waals surface area contributed by atoms with Gasteiger partial charge in [-0.3, -0.25) is 0 Å². The van der Waals surface area contributed by atoms with Crippen LogP contribution in [-0.4, -0.2) is 19.8 Å². The number of benzene rings is 1. The second kappa shape index (κ2) is 5.74. The number of hydrogen-bond acceptors (Lipinski definition) is 4. The first-order valence-corrected chi connectivity index (χ1v) is 7.91. The lowest BCUT2D eigenvalue weighted by Gasteiger charge is -2.17. The van der Waals surface area contributed by atoms with E-state index in [4.69, 9.17) is 10.2 Å². The van der Waals surface area contributed by atoms with Crippen LogP contribution < -0.4 is 5.73 Å². The summed E-state index contributed by atoms with van der Waals surface area (Å²) >= 11 is 3.09. The van der Waals surface area contributed by atoms with Crippen LogP contribution in [0.15, 0.2) is 38.2 Å². The first-order valence-electron chi connectivity index (χ1n) is 5.67. The second-order valence-corrected chi connectivity index (χ2v) is 7.03. The molecule has 0 unspecified atom stereocenters. The van der Waals surface area contributed by atoms with Crippen LogP contribution in [0.2, 0.25) is 0 Å². The van der Waals surface area contributed by atoms with Gasteiger partial charge in [0.15, 0.2) is 10.5 Å². The Morgan fingerprint density at radius 1 is 1.29 bits per heavy atom. The zero-order valence-corrected chi connectivity index (χ0v) is 13.2. The highest BCUT2D eigenvalue weighted by Gasteiger charge is 2.27. The Kier molecular flexibility index (Phi) is 4.35. The molecule has 5 nitrogen and oxygen atoms in total. The summed E-state index contributed by atoms with van der Waals surface area (Å²) in [6.07, 6.45) is 0. The highest BCUT2D eigenvalue weighted by atomic mass is 79.9. The fourth-order valence-electron chi connectivity index (χ4n) is 1.66. The van der Waals surface area contributed by atoms with Crippen molar-refractivity contribution >= 4 is 31.6 Å². The minimum absolute atomic E-state index is 0.106. The van der Waals surface area contributed by atoms with Crippen molar-refractivity contribution in [3.63, 3.8) is 0 Å². The fourth-order valence-corrected chi connectivity index (χ4v) is 3.21. The first kappa shape index (κ1) is 15.9. The topological polar surface area (TPSA) is 76.5 Å². The van der Waals surface area contributed by atoms with Crippen molar-refractivity contribution in [1.29, 1.82) is 0 Å². The molecule has 0 saturated heterocycles. The van der Waals surface area contributed by atoms with Gasteiger partial charge >= 0.3 is 0 Å². The standard InChI is InChI=1S/C12H11BrF2N2O3S/c1-17(6-7-2-5-10(13)20-7)21(18,19)9-4-3-8(14)12(16)11(9)15/h2-5H,6,16H2,1H3. The van der Waals surface area contributed by atoms with Crippen molar-refractivity contribution in [2.75, 3.05) is 12.8 Å². The van der Waals surface area contributed by atoms with Crippen LogP contribution in [0.1, 0.15) is 5.76 Å². The highest BCUT2D eigenvalue weighted by Crippen LogP contribution is 2.26.